The van der Waals surface area contributed by atoms with Crippen LogP contribution in [0.15, 0.2) is 16.0 Å². The van der Waals surface area contributed by atoms with Crippen molar-refractivity contribution in [1.29, 1.82) is 0 Å². The van der Waals surface area contributed by atoms with Crippen LogP contribution in [0.25, 0.3) is 0 Å². The van der Waals surface area contributed by atoms with Gasteiger partial charge in [-0.25, -0.2) is 0 Å². The van der Waals surface area contributed by atoms with Crippen molar-refractivity contribution in [3.8, 4) is 0 Å². The molecule has 0 aromatic carbocycles. The van der Waals surface area contributed by atoms with E-state index in [0.717, 1.165) is 11.4 Å². The minimum Gasteiger partial charge on any atom is -0.366 e. The number of hydrogen-bond donors (Lipinski definition) is 2. The van der Waals surface area contributed by atoms with Gasteiger partial charge in [0, 0.05) is 36.7 Å². The summed E-state index contributed by atoms with van der Waals surface area (Å²) in [6.45, 7) is 3.22. The van der Waals surface area contributed by atoms with E-state index in [-0.39, 0.29) is 5.91 Å². The number of carbonyl (C=O) groups excluding carboxylic acids is 1. The largest absolute Gasteiger partial charge is 0.366 e. The van der Waals surface area contributed by atoms with Crippen molar-refractivity contribution in [3.63, 3.8) is 0 Å². The summed E-state index contributed by atoms with van der Waals surface area (Å²) in [4.78, 5) is 16.1. The smallest absolute Gasteiger partial charge is 0.249 e. The number of aromatic nitrogens is 2. The number of nitrogens with one attached hydrogen (secondary N) is 1. The Morgan fingerprint density at radius 1 is 1.61 bits per heavy atom. The molecule has 0 aliphatic rings. The van der Waals surface area contributed by atoms with Gasteiger partial charge < -0.3 is 15.6 Å². The van der Waals surface area contributed by atoms with Crippen LogP contribution in [-0.4, -0.2) is 22.6 Å². The van der Waals surface area contributed by atoms with Gasteiger partial charge in [-0.05, 0) is 6.07 Å². The third kappa shape index (κ3) is 3.38. The molecule has 0 unspecified atom stereocenters. The molecule has 1 amide bonds. The van der Waals surface area contributed by atoms with E-state index in [4.69, 9.17) is 10.3 Å². The Morgan fingerprint density at radius 2 is 2.44 bits per heavy atom. The molecule has 0 atom stereocenters. The first-order valence-corrected chi connectivity index (χ1v) is 6.40. The van der Waals surface area contributed by atoms with Crippen LogP contribution in [0.4, 0.5) is 0 Å². The molecule has 0 saturated carbocycles. The van der Waals surface area contributed by atoms with Crippen LogP contribution in [0, 0.1) is 6.92 Å². The minimum atomic E-state index is -0.389. The fourth-order valence-electron chi connectivity index (χ4n) is 1.46. The lowest BCUT2D eigenvalue weighted by Gasteiger charge is -1.99. The van der Waals surface area contributed by atoms with E-state index in [0.29, 0.717) is 30.2 Å². The summed E-state index contributed by atoms with van der Waals surface area (Å²) < 4.78 is 4.87. The second kappa shape index (κ2) is 5.74. The van der Waals surface area contributed by atoms with Crippen molar-refractivity contribution >= 4 is 17.2 Å². The number of carbonyl (C=O) groups is 1. The molecule has 2 heterocycles. The van der Waals surface area contributed by atoms with E-state index in [1.807, 2.05) is 0 Å². The van der Waals surface area contributed by atoms with Crippen molar-refractivity contribution in [2.75, 3.05) is 6.54 Å². The molecule has 0 aliphatic carbocycles. The lowest BCUT2D eigenvalue weighted by molar-refractivity contribution is 0.100. The maximum atomic E-state index is 10.9. The number of hydrogen-bond acceptors (Lipinski definition) is 6. The number of rotatable bonds is 6. The minimum absolute atomic E-state index is 0.389. The standard InChI is InChI=1S/C11H14N4O2S/c1-7-14-10(15-17-7)2-3-13-5-9-4-8(6-18-9)11(12)16/h4,6,13H,2-3,5H2,1H3,(H2,12,16). The third-order valence-corrected chi connectivity index (χ3v) is 3.27. The second-order valence-corrected chi connectivity index (χ2v) is 4.82. The first-order valence-electron chi connectivity index (χ1n) is 5.52. The number of nitrogens with two attached hydrogens (primary N) is 1. The first kappa shape index (κ1) is 12.7. The van der Waals surface area contributed by atoms with Gasteiger partial charge in [0.1, 0.15) is 0 Å². The van der Waals surface area contributed by atoms with Crippen molar-refractivity contribution in [1.82, 2.24) is 15.5 Å². The lowest BCUT2D eigenvalue weighted by Crippen LogP contribution is -2.16. The Morgan fingerprint density at radius 3 is 3.06 bits per heavy atom. The monoisotopic (exact) mass is 266 g/mol. The Hall–Kier alpha value is -1.73. The van der Waals surface area contributed by atoms with Gasteiger partial charge in [-0.1, -0.05) is 5.16 Å². The highest BCUT2D eigenvalue weighted by Gasteiger charge is 2.05. The molecule has 0 fully saturated rings. The van der Waals surface area contributed by atoms with Crippen molar-refractivity contribution in [2.45, 2.75) is 19.9 Å². The molecular weight excluding hydrogens is 252 g/mol. The second-order valence-electron chi connectivity index (χ2n) is 3.82. The highest BCUT2D eigenvalue weighted by atomic mass is 32.1. The molecule has 0 bridgehead atoms. The third-order valence-electron chi connectivity index (χ3n) is 2.33. The molecule has 2 aromatic rings. The molecule has 96 valence electrons. The van der Waals surface area contributed by atoms with Gasteiger partial charge in [-0.15, -0.1) is 11.3 Å². The number of aryl methyl sites for hydroxylation is 1. The number of nitrogens with zero attached hydrogens (tertiary/aromatic N) is 2. The zero-order chi connectivity index (χ0) is 13.0. The number of primary amides is 1. The van der Waals surface area contributed by atoms with Crippen LogP contribution >= 0.6 is 11.3 Å². The summed E-state index contributed by atoms with van der Waals surface area (Å²) in [7, 11) is 0. The molecule has 3 N–H and O–H groups in total. The average molecular weight is 266 g/mol. The summed E-state index contributed by atoms with van der Waals surface area (Å²) in [5.74, 6) is 0.887. The molecule has 0 spiro atoms. The van der Waals surface area contributed by atoms with E-state index in [1.54, 1.807) is 18.4 Å². The molecule has 0 saturated heterocycles. The summed E-state index contributed by atoms with van der Waals surface area (Å²) in [5.41, 5.74) is 5.74. The van der Waals surface area contributed by atoms with Gasteiger partial charge in [0.15, 0.2) is 5.82 Å². The fourth-order valence-corrected chi connectivity index (χ4v) is 2.30. The van der Waals surface area contributed by atoms with Gasteiger partial charge in [-0.3, -0.25) is 4.79 Å². The Balaban J connectivity index is 1.73. The van der Waals surface area contributed by atoms with Gasteiger partial charge in [-0.2, -0.15) is 4.98 Å². The summed E-state index contributed by atoms with van der Waals surface area (Å²) in [6.07, 6.45) is 0.714. The van der Waals surface area contributed by atoms with Crippen LogP contribution in [0.5, 0.6) is 0 Å². The van der Waals surface area contributed by atoms with Gasteiger partial charge in [0.05, 0.1) is 5.56 Å². The first-order chi connectivity index (χ1) is 8.65. The zero-order valence-corrected chi connectivity index (χ0v) is 10.8. The Kier molecular flexibility index (Phi) is 4.06. The summed E-state index contributed by atoms with van der Waals surface area (Å²) >= 11 is 1.52. The average Bonchev–Trinajstić information content (AvgIpc) is 2.93. The maximum absolute atomic E-state index is 10.9. The molecular formula is C11H14N4O2S. The quantitative estimate of drug-likeness (QED) is 0.757. The zero-order valence-electron chi connectivity index (χ0n) is 9.97. The van der Waals surface area contributed by atoms with Gasteiger partial charge >= 0.3 is 0 Å². The van der Waals surface area contributed by atoms with E-state index >= 15 is 0 Å². The highest BCUT2D eigenvalue weighted by Crippen LogP contribution is 2.13. The lowest BCUT2D eigenvalue weighted by atomic mass is 10.3. The van der Waals surface area contributed by atoms with Crippen molar-refractivity contribution in [2.24, 2.45) is 5.73 Å². The topological polar surface area (TPSA) is 94.0 Å². The van der Waals surface area contributed by atoms with E-state index < -0.39 is 0 Å². The summed E-state index contributed by atoms with van der Waals surface area (Å²) in [6, 6.07) is 1.80. The maximum Gasteiger partial charge on any atom is 0.249 e. The number of amides is 1. The van der Waals surface area contributed by atoms with Crippen LogP contribution in [0.2, 0.25) is 0 Å². The van der Waals surface area contributed by atoms with Gasteiger partial charge in [0.2, 0.25) is 11.8 Å². The predicted octanol–water partition coefficient (Wildman–Crippen LogP) is 0.871. The number of thiophene rings is 1. The van der Waals surface area contributed by atoms with Crippen molar-refractivity contribution in [3.05, 3.63) is 33.6 Å². The highest BCUT2D eigenvalue weighted by molar-refractivity contribution is 7.10. The van der Waals surface area contributed by atoms with Crippen LogP contribution in [0.3, 0.4) is 0 Å². The molecule has 2 rings (SSSR count). The molecule has 0 radical (unpaired) electrons. The Labute approximate surface area is 108 Å². The molecule has 7 heteroatoms. The van der Waals surface area contributed by atoms with Crippen LogP contribution in [-0.2, 0) is 13.0 Å². The van der Waals surface area contributed by atoms with Gasteiger partial charge in [0.25, 0.3) is 0 Å². The van der Waals surface area contributed by atoms with E-state index in [1.165, 1.54) is 11.3 Å². The van der Waals surface area contributed by atoms with Crippen LogP contribution < -0.4 is 11.1 Å². The molecule has 18 heavy (non-hydrogen) atoms. The fraction of sp³-hybridized carbons (Fsp3) is 0.364. The molecule has 0 aliphatic heterocycles. The Bertz CT molecular complexity index is 535. The SMILES string of the molecule is Cc1nc(CCNCc2cc(C(N)=O)cs2)no1. The van der Waals surface area contributed by atoms with Crippen LogP contribution in [0.1, 0.15) is 27.0 Å². The summed E-state index contributed by atoms with van der Waals surface area (Å²) in [5, 5.41) is 8.82. The molecule has 6 nitrogen and oxygen atoms in total. The van der Waals surface area contributed by atoms with E-state index in [2.05, 4.69) is 15.5 Å². The predicted molar refractivity (Wildman–Crippen MR) is 67.3 cm³/mol. The molecule has 2 aromatic heterocycles. The van der Waals surface area contributed by atoms with E-state index in [9.17, 15) is 4.79 Å². The van der Waals surface area contributed by atoms with Crippen molar-refractivity contribution < 1.29 is 9.32 Å². The normalized spacial score (nSPS) is 10.7.